The maximum Gasteiger partial charge on any atom is 0.0846 e. The molecule has 0 aliphatic heterocycles. The number of fused-ring (bicyclic) bond motifs is 3. The Morgan fingerprint density at radius 3 is 1.62 bits per heavy atom. The number of rotatable bonds is 8. The van der Waals surface area contributed by atoms with E-state index in [2.05, 4.69) is 126 Å². The Bertz CT molecular complexity index is 1300. The van der Waals surface area contributed by atoms with Crippen LogP contribution in [0.3, 0.4) is 0 Å². The summed E-state index contributed by atoms with van der Waals surface area (Å²) in [7, 11) is 0. The highest BCUT2D eigenvalue weighted by molar-refractivity contribution is 9.10. The Kier molecular flexibility index (Phi) is 7.16. The maximum absolute atomic E-state index is 11.3. The molecule has 0 saturated heterocycles. The van der Waals surface area contributed by atoms with Crippen molar-refractivity contribution in [3.8, 4) is 0 Å². The molecule has 1 heterocycles. The minimum atomic E-state index is -0.515. The minimum Gasteiger partial charge on any atom is -0.390 e. The van der Waals surface area contributed by atoms with E-state index in [4.69, 9.17) is 0 Å². The van der Waals surface area contributed by atoms with Gasteiger partial charge < -0.3 is 9.67 Å². The molecule has 0 aliphatic carbocycles. The van der Waals surface area contributed by atoms with Gasteiger partial charge in [0.2, 0.25) is 0 Å². The van der Waals surface area contributed by atoms with Gasteiger partial charge in [-0.3, -0.25) is 4.90 Å². The molecule has 3 nitrogen and oxygen atoms in total. The van der Waals surface area contributed by atoms with Crippen LogP contribution in [0.15, 0.2) is 106 Å². The highest BCUT2D eigenvalue weighted by atomic mass is 79.9. The van der Waals surface area contributed by atoms with Gasteiger partial charge in [0, 0.05) is 50.4 Å². The molecule has 1 aromatic heterocycles. The first-order valence-electron chi connectivity index (χ1n) is 11.4. The predicted molar refractivity (Wildman–Crippen MR) is 148 cm³/mol. The zero-order chi connectivity index (χ0) is 23.5. The summed E-state index contributed by atoms with van der Waals surface area (Å²) < 4.78 is 4.35. The van der Waals surface area contributed by atoms with E-state index in [-0.39, 0.29) is 0 Å². The van der Waals surface area contributed by atoms with E-state index in [1.165, 1.54) is 21.9 Å². The highest BCUT2D eigenvalue weighted by Crippen LogP contribution is 2.33. The lowest BCUT2D eigenvalue weighted by Gasteiger charge is -2.26. The normalized spacial score (nSPS) is 12.6. The summed E-state index contributed by atoms with van der Waals surface area (Å²) in [5, 5.41) is 13.7. The number of aliphatic hydroxyl groups is 1. The number of hydrogen-bond donors (Lipinski definition) is 1. The molecule has 0 bridgehead atoms. The molecule has 172 valence electrons. The maximum atomic E-state index is 11.3. The molecule has 5 aromatic rings. The van der Waals surface area contributed by atoms with E-state index in [1.807, 2.05) is 12.1 Å². The van der Waals surface area contributed by atoms with Crippen molar-refractivity contribution in [3.05, 3.63) is 117 Å². The first kappa shape index (κ1) is 23.3. The van der Waals surface area contributed by atoms with Crippen molar-refractivity contribution >= 4 is 53.7 Å². The number of aliphatic hydroxyl groups excluding tert-OH is 1. The van der Waals surface area contributed by atoms with Crippen molar-refractivity contribution in [2.24, 2.45) is 0 Å². The van der Waals surface area contributed by atoms with Gasteiger partial charge in [-0.05, 0) is 47.5 Å². The van der Waals surface area contributed by atoms with Gasteiger partial charge in [0.05, 0.1) is 12.6 Å². The molecule has 0 spiro atoms. The van der Waals surface area contributed by atoms with Crippen molar-refractivity contribution < 1.29 is 5.11 Å². The van der Waals surface area contributed by atoms with E-state index < -0.39 is 6.10 Å². The smallest absolute Gasteiger partial charge is 0.0846 e. The highest BCUT2D eigenvalue weighted by Gasteiger charge is 2.18. The molecular weight excluding hydrogens is 552 g/mol. The van der Waals surface area contributed by atoms with Crippen LogP contribution < -0.4 is 0 Å². The van der Waals surface area contributed by atoms with Gasteiger partial charge in [0.15, 0.2) is 0 Å². The average molecular weight is 578 g/mol. The number of hydrogen-bond acceptors (Lipinski definition) is 2. The van der Waals surface area contributed by atoms with Crippen LogP contribution in [-0.4, -0.2) is 27.2 Å². The Balaban J connectivity index is 1.43. The molecule has 4 aromatic carbocycles. The number of nitrogens with zero attached hydrogens (tertiary/aromatic N) is 2. The van der Waals surface area contributed by atoms with Crippen molar-refractivity contribution in [3.63, 3.8) is 0 Å². The van der Waals surface area contributed by atoms with Gasteiger partial charge in [-0.25, -0.2) is 0 Å². The second kappa shape index (κ2) is 10.4. The van der Waals surface area contributed by atoms with Crippen LogP contribution >= 0.6 is 31.9 Å². The Hall–Kier alpha value is -2.44. The van der Waals surface area contributed by atoms with Crippen LogP contribution in [0.1, 0.15) is 11.1 Å². The molecule has 5 heteroatoms. The summed E-state index contributed by atoms with van der Waals surface area (Å²) in [4.78, 5) is 2.33. The van der Waals surface area contributed by atoms with Crippen LogP contribution in [-0.2, 0) is 19.6 Å². The summed E-state index contributed by atoms with van der Waals surface area (Å²) in [6, 6.07) is 33.7. The zero-order valence-corrected chi connectivity index (χ0v) is 21.9. The van der Waals surface area contributed by atoms with Gasteiger partial charge in [-0.1, -0.05) is 92.5 Å². The lowest BCUT2D eigenvalue weighted by Crippen LogP contribution is -2.34. The van der Waals surface area contributed by atoms with Gasteiger partial charge in [-0.2, -0.15) is 0 Å². The summed E-state index contributed by atoms with van der Waals surface area (Å²) in [5.41, 5.74) is 4.76. The molecule has 5 rings (SSSR count). The number of aromatic nitrogens is 1. The molecule has 0 unspecified atom stereocenters. The van der Waals surface area contributed by atoms with Crippen molar-refractivity contribution in [2.75, 3.05) is 6.54 Å². The molecule has 0 fully saturated rings. The van der Waals surface area contributed by atoms with Crippen molar-refractivity contribution in [2.45, 2.75) is 25.7 Å². The van der Waals surface area contributed by atoms with Crippen LogP contribution in [0.4, 0.5) is 0 Å². The standard InChI is InChI=1S/C29H26Br2N2O/c30-23-11-13-28-26(15-23)27-16-24(31)12-14-29(27)33(28)20-25(34)19-32(17-21-7-3-1-4-8-21)18-22-9-5-2-6-10-22/h1-16,25,34H,17-20H2/t25-/m1/s1. The van der Waals surface area contributed by atoms with E-state index in [0.717, 1.165) is 33.1 Å². The number of benzene rings is 4. The molecule has 0 saturated carbocycles. The van der Waals surface area contributed by atoms with Gasteiger partial charge in [-0.15, -0.1) is 0 Å². The second-order valence-electron chi connectivity index (χ2n) is 8.73. The SMILES string of the molecule is O[C@H](CN(Cc1ccccc1)Cc1ccccc1)Cn1c2ccc(Br)cc2c2cc(Br)ccc21. The topological polar surface area (TPSA) is 28.4 Å². The lowest BCUT2D eigenvalue weighted by atomic mass is 10.1. The third-order valence-electron chi connectivity index (χ3n) is 6.15. The molecule has 0 amide bonds. The fourth-order valence-corrected chi connectivity index (χ4v) is 5.40. The summed E-state index contributed by atoms with van der Waals surface area (Å²) in [6.07, 6.45) is -0.515. The Morgan fingerprint density at radius 2 is 1.15 bits per heavy atom. The van der Waals surface area contributed by atoms with Crippen LogP contribution in [0.2, 0.25) is 0 Å². The van der Waals surface area contributed by atoms with Gasteiger partial charge >= 0.3 is 0 Å². The van der Waals surface area contributed by atoms with E-state index in [0.29, 0.717) is 13.1 Å². The fraction of sp³-hybridized carbons (Fsp3) is 0.172. The number of halogens is 2. The molecule has 1 atom stereocenters. The first-order valence-corrected chi connectivity index (χ1v) is 13.0. The quantitative estimate of drug-likeness (QED) is 0.208. The monoisotopic (exact) mass is 576 g/mol. The van der Waals surface area contributed by atoms with Crippen molar-refractivity contribution in [1.82, 2.24) is 9.47 Å². The lowest BCUT2D eigenvalue weighted by molar-refractivity contribution is 0.0926. The third kappa shape index (κ3) is 5.28. The van der Waals surface area contributed by atoms with E-state index in [1.54, 1.807) is 0 Å². The molecule has 0 radical (unpaired) electrons. The predicted octanol–water partition coefficient (Wildman–Crippen LogP) is 7.38. The fourth-order valence-electron chi connectivity index (χ4n) is 4.68. The first-order chi connectivity index (χ1) is 16.6. The largest absolute Gasteiger partial charge is 0.390 e. The summed E-state index contributed by atoms with van der Waals surface area (Å²) >= 11 is 7.23. The third-order valence-corrected chi connectivity index (χ3v) is 7.14. The minimum absolute atomic E-state index is 0.515. The van der Waals surface area contributed by atoms with Gasteiger partial charge in [0.25, 0.3) is 0 Å². The molecular formula is C29H26Br2N2O. The Labute approximate surface area is 216 Å². The summed E-state index contributed by atoms with van der Waals surface area (Å²) in [5.74, 6) is 0. The van der Waals surface area contributed by atoms with E-state index >= 15 is 0 Å². The van der Waals surface area contributed by atoms with E-state index in [9.17, 15) is 5.11 Å². The van der Waals surface area contributed by atoms with Gasteiger partial charge in [0.1, 0.15) is 0 Å². The molecule has 0 aliphatic rings. The molecule has 1 N–H and O–H groups in total. The van der Waals surface area contributed by atoms with Crippen LogP contribution in [0.5, 0.6) is 0 Å². The zero-order valence-electron chi connectivity index (χ0n) is 18.7. The van der Waals surface area contributed by atoms with Crippen molar-refractivity contribution in [1.29, 1.82) is 0 Å². The summed E-state index contributed by atoms with van der Waals surface area (Å²) in [6.45, 7) is 2.70. The van der Waals surface area contributed by atoms with Crippen LogP contribution in [0.25, 0.3) is 21.8 Å². The Morgan fingerprint density at radius 1 is 0.676 bits per heavy atom. The van der Waals surface area contributed by atoms with Crippen LogP contribution in [0, 0.1) is 0 Å². The average Bonchev–Trinajstić information content (AvgIpc) is 3.12. The molecule has 34 heavy (non-hydrogen) atoms. The second-order valence-corrected chi connectivity index (χ2v) is 10.6.